The lowest BCUT2D eigenvalue weighted by Gasteiger charge is -2.33. The Balaban J connectivity index is 2.50. The predicted molar refractivity (Wildman–Crippen MR) is 67.4 cm³/mol. The van der Waals surface area contributed by atoms with Crippen LogP contribution < -0.4 is 5.32 Å². The molecule has 16 heavy (non-hydrogen) atoms. The molecule has 3 heteroatoms. The van der Waals surface area contributed by atoms with Gasteiger partial charge in [0, 0.05) is 24.5 Å². The van der Waals surface area contributed by atoms with Gasteiger partial charge in [0.15, 0.2) is 0 Å². The number of nitrogens with zero attached hydrogens (tertiary/aromatic N) is 1. The minimum atomic E-state index is -0.259. The van der Waals surface area contributed by atoms with Gasteiger partial charge in [-0.15, -0.1) is 0 Å². The molecule has 1 N–H and O–H groups in total. The molecule has 3 nitrogen and oxygen atoms in total. The van der Waals surface area contributed by atoms with E-state index >= 15 is 0 Å². The molecule has 0 aliphatic carbocycles. The summed E-state index contributed by atoms with van der Waals surface area (Å²) < 4.78 is 0. The Morgan fingerprint density at radius 1 is 1.38 bits per heavy atom. The quantitative estimate of drug-likeness (QED) is 0.798. The molecule has 94 valence electrons. The van der Waals surface area contributed by atoms with Crippen LogP contribution in [0.5, 0.6) is 0 Å². The number of carbonyl (C=O) groups excluding carboxylic acids is 1. The van der Waals surface area contributed by atoms with E-state index in [0.29, 0.717) is 6.04 Å². The molecule has 1 heterocycles. The maximum Gasteiger partial charge on any atom is 0.227 e. The van der Waals surface area contributed by atoms with Gasteiger partial charge in [0.1, 0.15) is 0 Å². The van der Waals surface area contributed by atoms with Crippen LogP contribution in [0.1, 0.15) is 47.0 Å². The van der Waals surface area contributed by atoms with Gasteiger partial charge in [-0.1, -0.05) is 27.2 Å². The minimum absolute atomic E-state index is 0.259. The lowest BCUT2D eigenvalue weighted by molar-refractivity contribution is -0.139. The van der Waals surface area contributed by atoms with E-state index in [4.69, 9.17) is 0 Å². The van der Waals surface area contributed by atoms with Crippen LogP contribution in [0.25, 0.3) is 0 Å². The van der Waals surface area contributed by atoms with E-state index in [1.807, 2.05) is 25.7 Å². The Morgan fingerprint density at radius 3 is 2.50 bits per heavy atom. The third-order valence-electron chi connectivity index (χ3n) is 3.16. The number of hydrogen-bond donors (Lipinski definition) is 1. The van der Waals surface area contributed by atoms with Crippen molar-refractivity contribution in [3.63, 3.8) is 0 Å². The molecular weight excluding hydrogens is 200 g/mol. The highest BCUT2D eigenvalue weighted by molar-refractivity contribution is 5.81. The van der Waals surface area contributed by atoms with E-state index in [9.17, 15) is 4.79 Å². The average molecular weight is 226 g/mol. The highest BCUT2D eigenvalue weighted by atomic mass is 16.2. The Hall–Kier alpha value is -0.570. The summed E-state index contributed by atoms with van der Waals surface area (Å²) in [5, 5.41) is 3.50. The van der Waals surface area contributed by atoms with Crippen molar-refractivity contribution in [1.29, 1.82) is 0 Å². The van der Waals surface area contributed by atoms with Crippen LogP contribution in [0.3, 0.4) is 0 Å². The first kappa shape index (κ1) is 13.5. The third kappa shape index (κ3) is 3.78. The second-order valence-electron chi connectivity index (χ2n) is 5.74. The number of nitrogens with one attached hydrogen (secondary N) is 1. The Bertz CT molecular complexity index is 227. The fraction of sp³-hybridized carbons (Fsp3) is 0.923. The summed E-state index contributed by atoms with van der Waals surface area (Å²) in [5.74, 6) is 0.266. The molecular formula is C13H26N2O. The number of piperidine rings is 1. The van der Waals surface area contributed by atoms with E-state index < -0.39 is 0 Å². The molecule has 0 spiro atoms. The van der Waals surface area contributed by atoms with Crippen LogP contribution >= 0.6 is 0 Å². The summed E-state index contributed by atoms with van der Waals surface area (Å²) >= 11 is 0. The summed E-state index contributed by atoms with van der Waals surface area (Å²) in [5.41, 5.74) is -0.259. The standard InChI is InChI=1S/C13H26N2O/c1-5-15(12(16)13(2,3)4)10-11-8-6-7-9-14-11/h11,14H,5-10H2,1-4H3. The van der Waals surface area contributed by atoms with Crippen LogP contribution in [0, 0.1) is 5.41 Å². The molecule has 1 aliphatic heterocycles. The Morgan fingerprint density at radius 2 is 2.06 bits per heavy atom. The largest absolute Gasteiger partial charge is 0.341 e. The summed E-state index contributed by atoms with van der Waals surface area (Å²) in [6.45, 7) is 10.8. The topological polar surface area (TPSA) is 32.3 Å². The fourth-order valence-electron chi connectivity index (χ4n) is 2.18. The molecule has 1 unspecified atom stereocenters. The van der Waals surface area contributed by atoms with Crippen molar-refractivity contribution in [1.82, 2.24) is 10.2 Å². The second kappa shape index (κ2) is 5.67. The molecule has 1 fully saturated rings. The first-order valence-electron chi connectivity index (χ1n) is 6.48. The molecule has 0 radical (unpaired) electrons. The van der Waals surface area contributed by atoms with E-state index in [0.717, 1.165) is 19.6 Å². The van der Waals surface area contributed by atoms with Crippen molar-refractivity contribution in [2.45, 2.75) is 53.0 Å². The van der Waals surface area contributed by atoms with Gasteiger partial charge in [-0.3, -0.25) is 4.79 Å². The molecule has 1 atom stereocenters. The maximum atomic E-state index is 12.2. The monoisotopic (exact) mass is 226 g/mol. The maximum absolute atomic E-state index is 12.2. The van der Waals surface area contributed by atoms with Crippen molar-refractivity contribution in [3.05, 3.63) is 0 Å². The van der Waals surface area contributed by atoms with E-state index in [-0.39, 0.29) is 11.3 Å². The summed E-state index contributed by atoms with van der Waals surface area (Å²) in [6.07, 6.45) is 3.77. The lowest BCUT2D eigenvalue weighted by Crippen LogP contribution is -2.48. The van der Waals surface area contributed by atoms with Crippen molar-refractivity contribution in [3.8, 4) is 0 Å². The molecule has 1 aliphatic rings. The summed E-state index contributed by atoms with van der Waals surface area (Å²) in [7, 11) is 0. The molecule has 1 amide bonds. The third-order valence-corrected chi connectivity index (χ3v) is 3.16. The summed E-state index contributed by atoms with van der Waals surface area (Å²) in [4.78, 5) is 14.2. The lowest BCUT2D eigenvalue weighted by atomic mass is 9.94. The minimum Gasteiger partial charge on any atom is -0.341 e. The van der Waals surface area contributed by atoms with Crippen LogP contribution in [0.2, 0.25) is 0 Å². The van der Waals surface area contributed by atoms with Gasteiger partial charge in [0.25, 0.3) is 0 Å². The number of likely N-dealkylation sites (N-methyl/N-ethyl adjacent to an activating group) is 1. The molecule has 1 rings (SSSR count). The number of hydrogen-bond acceptors (Lipinski definition) is 2. The zero-order chi connectivity index (χ0) is 12.2. The smallest absolute Gasteiger partial charge is 0.227 e. The van der Waals surface area contributed by atoms with Crippen molar-refractivity contribution >= 4 is 5.91 Å². The molecule has 0 aromatic heterocycles. The van der Waals surface area contributed by atoms with Gasteiger partial charge >= 0.3 is 0 Å². The van der Waals surface area contributed by atoms with Gasteiger partial charge < -0.3 is 10.2 Å². The number of carbonyl (C=O) groups is 1. The van der Waals surface area contributed by atoms with Crippen LogP contribution in [-0.2, 0) is 4.79 Å². The second-order valence-corrected chi connectivity index (χ2v) is 5.74. The van der Waals surface area contributed by atoms with Crippen LogP contribution in [-0.4, -0.2) is 36.5 Å². The zero-order valence-corrected chi connectivity index (χ0v) is 11.2. The van der Waals surface area contributed by atoms with Crippen molar-refractivity contribution < 1.29 is 4.79 Å². The normalized spacial score (nSPS) is 21.9. The molecule has 1 saturated heterocycles. The zero-order valence-electron chi connectivity index (χ0n) is 11.2. The van der Waals surface area contributed by atoms with Gasteiger partial charge in [0.05, 0.1) is 0 Å². The van der Waals surface area contributed by atoms with Crippen LogP contribution in [0.4, 0.5) is 0 Å². The van der Waals surface area contributed by atoms with Gasteiger partial charge in [-0.2, -0.15) is 0 Å². The van der Waals surface area contributed by atoms with Crippen molar-refractivity contribution in [2.24, 2.45) is 5.41 Å². The van der Waals surface area contributed by atoms with Crippen molar-refractivity contribution in [2.75, 3.05) is 19.6 Å². The molecule has 0 aromatic carbocycles. The Kier molecular flexibility index (Phi) is 4.78. The van der Waals surface area contributed by atoms with Gasteiger partial charge in [0.2, 0.25) is 5.91 Å². The first-order chi connectivity index (χ1) is 7.45. The summed E-state index contributed by atoms with van der Waals surface area (Å²) in [6, 6.07) is 0.500. The van der Waals surface area contributed by atoms with E-state index in [1.165, 1.54) is 19.3 Å². The Labute approximate surface area is 99.6 Å². The van der Waals surface area contributed by atoms with Crippen LogP contribution in [0.15, 0.2) is 0 Å². The molecule has 0 saturated carbocycles. The SMILES string of the molecule is CCN(CC1CCCCN1)C(=O)C(C)(C)C. The highest BCUT2D eigenvalue weighted by Gasteiger charge is 2.28. The molecule has 0 aromatic rings. The van der Waals surface area contributed by atoms with E-state index in [2.05, 4.69) is 12.2 Å². The number of amides is 1. The fourth-order valence-corrected chi connectivity index (χ4v) is 2.18. The predicted octanol–water partition coefficient (Wildman–Crippen LogP) is 2.02. The van der Waals surface area contributed by atoms with Gasteiger partial charge in [-0.05, 0) is 26.3 Å². The highest BCUT2D eigenvalue weighted by Crippen LogP contribution is 2.18. The average Bonchev–Trinajstić information content (AvgIpc) is 2.25. The van der Waals surface area contributed by atoms with E-state index in [1.54, 1.807) is 0 Å². The van der Waals surface area contributed by atoms with Gasteiger partial charge in [-0.25, -0.2) is 0 Å². The first-order valence-corrected chi connectivity index (χ1v) is 6.48. The molecule has 0 bridgehead atoms. The number of rotatable bonds is 3.